The largest absolute Gasteiger partial charge is 0.495 e. The number of hydrogen-bond acceptors (Lipinski definition) is 5. The molecule has 4 rings (SSSR count). The minimum absolute atomic E-state index is 0.0384. The van der Waals surface area contributed by atoms with Gasteiger partial charge in [-0.15, -0.1) is 0 Å². The van der Waals surface area contributed by atoms with Crippen molar-refractivity contribution < 1.29 is 14.3 Å². The van der Waals surface area contributed by atoms with E-state index in [-0.39, 0.29) is 18.0 Å². The van der Waals surface area contributed by atoms with Gasteiger partial charge in [-0.05, 0) is 67.3 Å². The summed E-state index contributed by atoms with van der Waals surface area (Å²) in [6.07, 6.45) is 0.828. The second-order valence-electron chi connectivity index (χ2n) is 10.5. The van der Waals surface area contributed by atoms with Crippen LogP contribution in [0.15, 0.2) is 66.7 Å². The lowest BCUT2D eigenvalue weighted by atomic mass is 10.0. The molecule has 0 aromatic heterocycles. The number of ether oxygens (including phenoxy) is 1. The smallest absolute Gasteiger partial charge is 0.323 e. The van der Waals surface area contributed by atoms with Crippen molar-refractivity contribution in [3.05, 3.63) is 77.9 Å². The zero-order valence-corrected chi connectivity index (χ0v) is 24.2. The van der Waals surface area contributed by atoms with E-state index in [4.69, 9.17) is 4.74 Å². The standard InChI is InChI=1S/C32H41N5O3/c1-6-23(4)33-31(38)27-21-26(35-32(39)34-25-13-11-24(12-14-25)22(2)3)15-16-28(27)36-17-19-37(20-18-36)29-9-7-8-10-30(29)40-5/h7-16,21-23H,6,17-20H2,1-5H3,(H,33,38)(H2,34,35,39). The van der Waals surface area contributed by atoms with Gasteiger partial charge in [0, 0.05) is 49.3 Å². The van der Waals surface area contributed by atoms with E-state index in [2.05, 4.69) is 45.7 Å². The minimum atomic E-state index is -0.358. The van der Waals surface area contributed by atoms with Crippen molar-refractivity contribution in [1.29, 1.82) is 0 Å². The third kappa shape index (κ3) is 7.05. The molecule has 3 aromatic carbocycles. The maximum atomic E-state index is 13.4. The fourth-order valence-corrected chi connectivity index (χ4v) is 4.80. The summed E-state index contributed by atoms with van der Waals surface area (Å²) >= 11 is 0. The lowest BCUT2D eigenvalue weighted by Gasteiger charge is -2.38. The second kappa shape index (κ2) is 13.2. The lowest BCUT2D eigenvalue weighted by Crippen LogP contribution is -2.47. The van der Waals surface area contributed by atoms with E-state index in [0.717, 1.165) is 49.7 Å². The number of hydrogen-bond donors (Lipinski definition) is 3. The first-order valence-electron chi connectivity index (χ1n) is 14.0. The van der Waals surface area contributed by atoms with Gasteiger partial charge in [0.1, 0.15) is 5.75 Å². The molecule has 1 unspecified atom stereocenters. The Bertz CT molecular complexity index is 1300. The van der Waals surface area contributed by atoms with Crippen molar-refractivity contribution in [2.24, 2.45) is 0 Å². The van der Waals surface area contributed by atoms with Crippen molar-refractivity contribution >= 4 is 34.7 Å². The topological polar surface area (TPSA) is 85.9 Å². The molecule has 0 spiro atoms. The fraction of sp³-hybridized carbons (Fsp3) is 0.375. The van der Waals surface area contributed by atoms with Gasteiger partial charge in [0.25, 0.3) is 5.91 Å². The third-order valence-electron chi connectivity index (χ3n) is 7.37. The molecule has 3 amide bonds. The van der Waals surface area contributed by atoms with E-state index in [1.807, 2.05) is 68.4 Å². The molecule has 40 heavy (non-hydrogen) atoms. The summed E-state index contributed by atoms with van der Waals surface area (Å²) in [6.45, 7) is 11.4. The fourth-order valence-electron chi connectivity index (χ4n) is 4.80. The van der Waals surface area contributed by atoms with Gasteiger partial charge in [0.05, 0.1) is 18.4 Å². The van der Waals surface area contributed by atoms with Crippen LogP contribution in [0, 0.1) is 0 Å². The maximum Gasteiger partial charge on any atom is 0.323 e. The summed E-state index contributed by atoms with van der Waals surface area (Å²) in [7, 11) is 1.69. The van der Waals surface area contributed by atoms with Crippen LogP contribution in [0.4, 0.5) is 27.5 Å². The first-order chi connectivity index (χ1) is 19.3. The van der Waals surface area contributed by atoms with Gasteiger partial charge in [-0.2, -0.15) is 0 Å². The number of nitrogens with one attached hydrogen (secondary N) is 3. The average Bonchev–Trinajstić information content (AvgIpc) is 2.97. The first kappa shape index (κ1) is 28.8. The molecule has 8 heteroatoms. The van der Waals surface area contributed by atoms with Crippen LogP contribution < -0.4 is 30.5 Å². The number of urea groups is 1. The van der Waals surface area contributed by atoms with Gasteiger partial charge in [0.2, 0.25) is 0 Å². The first-order valence-corrected chi connectivity index (χ1v) is 14.0. The van der Waals surface area contributed by atoms with Gasteiger partial charge in [-0.25, -0.2) is 4.79 Å². The highest BCUT2D eigenvalue weighted by Crippen LogP contribution is 2.31. The summed E-state index contributed by atoms with van der Waals surface area (Å²) in [6, 6.07) is 21.1. The van der Waals surface area contributed by atoms with Crippen LogP contribution >= 0.6 is 0 Å². The highest BCUT2D eigenvalue weighted by molar-refractivity contribution is 6.04. The molecule has 1 fully saturated rings. The van der Waals surface area contributed by atoms with Crippen LogP contribution in [0.5, 0.6) is 5.75 Å². The molecule has 1 aliphatic heterocycles. The SMILES string of the molecule is CCC(C)NC(=O)c1cc(NC(=O)Nc2ccc(C(C)C)cc2)ccc1N1CCN(c2ccccc2OC)CC1. The van der Waals surface area contributed by atoms with Crippen molar-refractivity contribution in [3.8, 4) is 5.75 Å². The Morgan fingerprint density at radius 1 is 0.825 bits per heavy atom. The summed E-state index contributed by atoms with van der Waals surface area (Å²) in [5.74, 6) is 1.13. The number of carbonyl (C=O) groups is 2. The van der Waals surface area contributed by atoms with Crippen molar-refractivity contribution in [3.63, 3.8) is 0 Å². The normalized spacial score (nSPS) is 14.1. The maximum absolute atomic E-state index is 13.4. The minimum Gasteiger partial charge on any atom is -0.495 e. The highest BCUT2D eigenvalue weighted by Gasteiger charge is 2.24. The lowest BCUT2D eigenvalue weighted by molar-refractivity contribution is 0.0939. The van der Waals surface area contributed by atoms with Crippen molar-refractivity contribution in [2.45, 2.75) is 46.1 Å². The number of nitrogens with zero attached hydrogens (tertiary/aromatic N) is 2. The Kier molecular flexibility index (Phi) is 9.53. The molecular formula is C32H41N5O3. The Balaban J connectivity index is 1.50. The van der Waals surface area contributed by atoms with Crippen LogP contribution in [0.25, 0.3) is 0 Å². The monoisotopic (exact) mass is 543 g/mol. The predicted octanol–water partition coefficient (Wildman–Crippen LogP) is 6.32. The number of amides is 3. The van der Waals surface area contributed by atoms with Crippen LogP contribution in [-0.4, -0.2) is 51.3 Å². The van der Waals surface area contributed by atoms with E-state index in [1.165, 1.54) is 5.56 Å². The number of rotatable bonds is 9. The van der Waals surface area contributed by atoms with Gasteiger partial charge in [0.15, 0.2) is 0 Å². The molecule has 0 saturated carbocycles. The zero-order valence-electron chi connectivity index (χ0n) is 24.2. The van der Waals surface area contributed by atoms with Crippen LogP contribution in [0.3, 0.4) is 0 Å². The molecule has 0 bridgehead atoms. The molecule has 1 heterocycles. The van der Waals surface area contributed by atoms with Gasteiger partial charge in [-0.1, -0.05) is 45.0 Å². The number of methoxy groups -OCH3 is 1. The molecule has 212 valence electrons. The Hall–Kier alpha value is -4.20. The highest BCUT2D eigenvalue weighted by atomic mass is 16.5. The van der Waals surface area contributed by atoms with Gasteiger partial charge < -0.3 is 30.5 Å². The Labute approximate surface area is 237 Å². The van der Waals surface area contributed by atoms with E-state index < -0.39 is 0 Å². The van der Waals surface area contributed by atoms with Gasteiger partial charge in [-0.3, -0.25) is 4.79 Å². The molecule has 3 aromatic rings. The van der Waals surface area contributed by atoms with Gasteiger partial charge >= 0.3 is 6.03 Å². The molecule has 1 saturated heterocycles. The molecule has 0 radical (unpaired) electrons. The van der Waals surface area contributed by atoms with E-state index in [0.29, 0.717) is 22.9 Å². The number of para-hydroxylation sites is 2. The van der Waals surface area contributed by atoms with Crippen LogP contribution in [0.2, 0.25) is 0 Å². The average molecular weight is 544 g/mol. The number of carbonyl (C=O) groups excluding carboxylic acids is 2. The molecule has 8 nitrogen and oxygen atoms in total. The zero-order chi connectivity index (χ0) is 28.6. The predicted molar refractivity (Wildman–Crippen MR) is 164 cm³/mol. The van der Waals surface area contributed by atoms with Crippen LogP contribution in [0.1, 0.15) is 56.0 Å². The Morgan fingerprint density at radius 2 is 1.43 bits per heavy atom. The molecule has 0 aliphatic carbocycles. The number of anilines is 4. The van der Waals surface area contributed by atoms with E-state index in [9.17, 15) is 9.59 Å². The van der Waals surface area contributed by atoms with Crippen LogP contribution in [-0.2, 0) is 0 Å². The van der Waals surface area contributed by atoms with E-state index in [1.54, 1.807) is 13.2 Å². The summed E-state index contributed by atoms with van der Waals surface area (Å²) in [5, 5.41) is 8.86. The molecular weight excluding hydrogens is 502 g/mol. The summed E-state index contributed by atoms with van der Waals surface area (Å²) < 4.78 is 5.56. The summed E-state index contributed by atoms with van der Waals surface area (Å²) in [4.78, 5) is 30.7. The molecule has 3 N–H and O–H groups in total. The summed E-state index contributed by atoms with van der Waals surface area (Å²) in [5.41, 5.74) is 4.95. The van der Waals surface area contributed by atoms with E-state index >= 15 is 0 Å². The molecule has 1 atom stereocenters. The number of benzene rings is 3. The number of piperazine rings is 1. The Morgan fingerprint density at radius 3 is 2.05 bits per heavy atom. The second-order valence-corrected chi connectivity index (χ2v) is 10.5. The van der Waals surface area contributed by atoms with Crippen molar-refractivity contribution in [2.75, 3.05) is 53.7 Å². The quantitative estimate of drug-likeness (QED) is 0.294. The third-order valence-corrected chi connectivity index (χ3v) is 7.37. The van der Waals surface area contributed by atoms with Crippen molar-refractivity contribution in [1.82, 2.24) is 5.32 Å². The molecule has 1 aliphatic rings.